The summed E-state index contributed by atoms with van der Waals surface area (Å²) < 4.78 is 0. The molecule has 2 amide bonds. The first-order valence-corrected chi connectivity index (χ1v) is 4.48. The third kappa shape index (κ3) is 2.57. The quantitative estimate of drug-likeness (QED) is 0.634. The van der Waals surface area contributed by atoms with Gasteiger partial charge in [-0.25, -0.2) is 4.79 Å². The molecule has 0 aliphatic carbocycles. The Hall–Kier alpha value is -0.990. The maximum atomic E-state index is 11.2. The van der Waals surface area contributed by atoms with Gasteiger partial charge in [-0.15, -0.1) is 0 Å². The van der Waals surface area contributed by atoms with E-state index in [4.69, 9.17) is 0 Å². The number of carbonyl (C=O) groups is 1. The summed E-state index contributed by atoms with van der Waals surface area (Å²) in [4.78, 5) is 13.0. The molecule has 1 saturated heterocycles. The van der Waals surface area contributed by atoms with Gasteiger partial charge in [-0.05, 0) is 19.8 Å². The molecule has 3 heteroatoms. The van der Waals surface area contributed by atoms with E-state index in [1.807, 2.05) is 17.9 Å². The summed E-state index contributed by atoms with van der Waals surface area (Å²) in [6.45, 7) is 4.58. The van der Waals surface area contributed by atoms with Crippen molar-refractivity contribution >= 4 is 6.03 Å². The monoisotopic (exact) mass is 168 g/mol. The molecule has 0 spiro atoms. The molecule has 1 aliphatic heterocycles. The van der Waals surface area contributed by atoms with Crippen LogP contribution in [-0.2, 0) is 0 Å². The highest BCUT2D eigenvalue weighted by molar-refractivity contribution is 5.74. The minimum Gasteiger partial charge on any atom is -0.338 e. The summed E-state index contributed by atoms with van der Waals surface area (Å²) >= 11 is 0. The predicted molar refractivity (Wildman–Crippen MR) is 49.0 cm³/mol. The third-order valence-corrected chi connectivity index (χ3v) is 1.97. The number of nitrogens with one attached hydrogen (secondary N) is 1. The molecular formula is C9H16N2O. The Morgan fingerprint density at radius 3 is 3.17 bits per heavy atom. The summed E-state index contributed by atoms with van der Waals surface area (Å²) in [5, 5.41) is 2.82. The highest BCUT2D eigenvalue weighted by Gasteiger charge is 2.15. The van der Waals surface area contributed by atoms with E-state index >= 15 is 0 Å². The van der Waals surface area contributed by atoms with Gasteiger partial charge in [0.2, 0.25) is 0 Å². The van der Waals surface area contributed by atoms with Gasteiger partial charge in [-0.3, -0.25) is 0 Å². The molecule has 68 valence electrons. The molecule has 0 atom stereocenters. The van der Waals surface area contributed by atoms with Gasteiger partial charge in [-0.2, -0.15) is 0 Å². The molecule has 1 aliphatic rings. The van der Waals surface area contributed by atoms with Crippen LogP contribution < -0.4 is 5.32 Å². The Kier molecular flexibility index (Phi) is 3.64. The van der Waals surface area contributed by atoms with E-state index in [2.05, 4.69) is 11.4 Å². The molecule has 1 fully saturated rings. The van der Waals surface area contributed by atoms with Crippen molar-refractivity contribution in [1.82, 2.24) is 10.2 Å². The molecular weight excluding hydrogens is 152 g/mol. The number of amides is 2. The summed E-state index contributed by atoms with van der Waals surface area (Å²) in [5.74, 6) is 0. The fraction of sp³-hybridized carbons (Fsp3) is 0.667. The van der Waals surface area contributed by atoms with E-state index in [1.54, 1.807) is 0 Å². The summed E-state index contributed by atoms with van der Waals surface area (Å²) in [6, 6.07) is 0.0887. The molecule has 0 saturated carbocycles. The van der Waals surface area contributed by atoms with Crippen molar-refractivity contribution in [3.8, 4) is 0 Å². The van der Waals surface area contributed by atoms with Crippen molar-refractivity contribution in [3.63, 3.8) is 0 Å². The topological polar surface area (TPSA) is 32.3 Å². The van der Waals surface area contributed by atoms with Crippen molar-refractivity contribution in [2.45, 2.75) is 19.8 Å². The number of allylic oxidation sites excluding steroid dienone is 1. The molecule has 0 bridgehead atoms. The lowest BCUT2D eigenvalue weighted by atomic mass is 10.3. The minimum absolute atomic E-state index is 0.0887. The normalized spacial score (nSPS) is 18.4. The van der Waals surface area contributed by atoms with Crippen LogP contribution >= 0.6 is 0 Å². The van der Waals surface area contributed by atoms with Crippen LogP contribution in [0.2, 0.25) is 0 Å². The largest absolute Gasteiger partial charge is 0.338 e. The number of hydrogen-bond donors (Lipinski definition) is 1. The van der Waals surface area contributed by atoms with Gasteiger partial charge in [0.1, 0.15) is 0 Å². The predicted octanol–water partition coefficient (Wildman–Crippen LogP) is 1.37. The van der Waals surface area contributed by atoms with Crippen LogP contribution in [0, 0.1) is 0 Å². The molecule has 0 radical (unpaired) electrons. The molecule has 1 heterocycles. The van der Waals surface area contributed by atoms with Gasteiger partial charge < -0.3 is 10.2 Å². The summed E-state index contributed by atoms with van der Waals surface area (Å²) in [7, 11) is 0. The minimum atomic E-state index is 0.0887. The maximum Gasteiger partial charge on any atom is 0.317 e. The van der Waals surface area contributed by atoms with E-state index in [0.717, 1.165) is 32.5 Å². The molecule has 0 aromatic rings. The fourth-order valence-electron chi connectivity index (χ4n) is 1.29. The lowest BCUT2D eigenvalue weighted by Gasteiger charge is -2.26. The Bertz CT molecular complexity index is 177. The van der Waals surface area contributed by atoms with Crippen LogP contribution in [0.4, 0.5) is 4.79 Å². The van der Waals surface area contributed by atoms with Crippen LogP contribution in [0.5, 0.6) is 0 Å². The average Bonchev–Trinajstić information content (AvgIpc) is 2.09. The summed E-state index contributed by atoms with van der Waals surface area (Å²) in [6.07, 6.45) is 6.13. The maximum absolute atomic E-state index is 11.2. The van der Waals surface area contributed by atoms with Crippen LogP contribution in [-0.4, -0.2) is 30.6 Å². The first kappa shape index (κ1) is 9.10. The van der Waals surface area contributed by atoms with Gasteiger partial charge in [0, 0.05) is 19.6 Å². The van der Waals surface area contributed by atoms with Crippen LogP contribution in [0.1, 0.15) is 19.8 Å². The smallest absolute Gasteiger partial charge is 0.317 e. The second kappa shape index (κ2) is 4.80. The lowest BCUT2D eigenvalue weighted by Crippen LogP contribution is -2.46. The zero-order chi connectivity index (χ0) is 8.81. The van der Waals surface area contributed by atoms with Crippen molar-refractivity contribution in [1.29, 1.82) is 0 Å². The van der Waals surface area contributed by atoms with Gasteiger partial charge in [-0.1, -0.05) is 12.2 Å². The molecule has 1 rings (SSSR count). The van der Waals surface area contributed by atoms with Gasteiger partial charge >= 0.3 is 6.03 Å². The lowest BCUT2D eigenvalue weighted by molar-refractivity contribution is 0.187. The van der Waals surface area contributed by atoms with E-state index < -0.39 is 0 Å². The number of rotatable bonds is 3. The first-order chi connectivity index (χ1) is 5.84. The van der Waals surface area contributed by atoms with Gasteiger partial charge in [0.05, 0.1) is 0 Å². The molecule has 0 aromatic heterocycles. The zero-order valence-corrected chi connectivity index (χ0v) is 7.55. The molecule has 0 aromatic carbocycles. The highest BCUT2D eigenvalue weighted by atomic mass is 16.2. The zero-order valence-electron chi connectivity index (χ0n) is 7.55. The van der Waals surface area contributed by atoms with Crippen LogP contribution in [0.3, 0.4) is 0 Å². The highest BCUT2D eigenvalue weighted by Crippen LogP contribution is 2.00. The number of urea groups is 1. The first-order valence-electron chi connectivity index (χ1n) is 4.48. The second-order valence-corrected chi connectivity index (χ2v) is 2.93. The summed E-state index contributed by atoms with van der Waals surface area (Å²) in [5.41, 5.74) is 0. The number of nitrogens with zero attached hydrogens (tertiary/aromatic N) is 1. The Morgan fingerprint density at radius 1 is 1.67 bits per heavy atom. The third-order valence-electron chi connectivity index (χ3n) is 1.97. The van der Waals surface area contributed by atoms with Crippen molar-refractivity contribution in [3.05, 3.63) is 12.2 Å². The van der Waals surface area contributed by atoms with Crippen LogP contribution in [0.25, 0.3) is 0 Å². The van der Waals surface area contributed by atoms with Crippen molar-refractivity contribution in [2.75, 3.05) is 19.6 Å². The van der Waals surface area contributed by atoms with Crippen molar-refractivity contribution < 1.29 is 4.79 Å². The molecule has 12 heavy (non-hydrogen) atoms. The molecule has 0 unspecified atom stereocenters. The van der Waals surface area contributed by atoms with Gasteiger partial charge in [0.25, 0.3) is 0 Å². The van der Waals surface area contributed by atoms with E-state index in [1.165, 1.54) is 0 Å². The van der Waals surface area contributed by atoms with Crippen molar-refractivity contribution in [2.24, 2.45) is 0 Å². The number of carbonyl (C=O) groups excluding carboxylic acids is 1. The second-order valence-electron chi connectivity index (χ2n) is 2.93. The Morgan fingerprint density at radius 2 is 2.50 bits per heavy atom. The van der Waals surface area contributed by atoms with E-state index in [9.17, 15) is 4.79 Å². The van der Waals surface area contributed by atoms with E-state index in [-0.39, 0.29) is 6.03 Å². The number of hydrogen-bond acceptors (Lipinski definition) is 1. The fourth-order valence-corrected chi connectivity index (χ4v) is 1.29. The molecule has 3 nitrogen and oxygen atoms in total. The average molecular weight is 168 g/mol. The standard InChI is InChI=1S/C9H16N2O/c1-2-3-4-7-11-8-5-6-10-9(11)12/h2-3H,4-8H2,1H3,(H,10,12)/b3-2+. The molecule has 1 N–H and O–H groups in total. The van der Waals surface area contributed by atoms with Gasteiger partial charge in [0.15, 0.2) is 0 Å². The Balaban J connectivity index is 2.24. The van der Waals surface area contributed by atoms with Crippen LogP contribution in [0.15, 0.2) is 12.2 Å². The van der Waals surface area contributed by atoms with E-state index in [0.29, 0.717) is 0 Å². The Labute approximate surface area is 73.4 Å². The SMILES string of the molecule is C/C=C/CCN1CCCNC1=O.